The number of thiocarbonyl (C=S) groups is 1. The van der Waals surface area contributed by atoms with E-state index in [1.54, 1.807) is 31.5 Å². The van der Waals surface area contributed by atoms with Gasteiger partial charge in [-0.1, -0.05) is 18.2 Å². The number of methoxy groups -OCH3 is 1. The lowest BCUT2D eigenvalue weighted by molar-refractivity contribution is 0.0697. The van der Waals surface area contributed by atoms with Crippen molar-refractivity contribution in [3.63, 3.8) is 0 Å². The van der Waals surface area contributed by atoms with Crippen molar-refractivity contribution < 1.29 is 14.6 Å². The van der Waals surface area contributed by atoms with Crippen LogP contribution in [0, 0.1) is 0 Å². The molecule has 2 atom stereocenters. The summed E-state index contributed by atoms with van der Waals surface area (Å²) in [5.74, 6) is -0.242. The first-order valence-corrected chi connectivity index (χ1v) is 11.1. The Morgan fingerprint density at radius 2 is 1.85 bits per heavy atom. The van der Waals surface area contributed by atoms with Crippen molar-refractivity contribution in [1.29, 1.82) is 0 Å². The molecular weight excluding hydrogens is 448 g/mol. The summed E-state index contributed by atoms with van der Waals surface area (Å²) < 4.78 is 7.45. The van der Waals surface area contributed by atoms with E-state index < -0.39 is 5.97 Å². The van der Waals surface area contributed by atoms with E-state index in [1.165, 1.54) is 0 Å². The number of carbonyl (C=O) groups is 1. The molecule has 4 aromatic rings. The van der Waals surface area contributed by atoms with Crippen molar-refractivity contribution in [3.8, 4) is 11.4 Å². The van der Waals surface area contributed by atoms with Crippen LogP contribution in [0.15, 0.2) is 91.3 Å². The van der Waals surface area contributed by atoms with Gasteiger partial charge in [-0.3, -0.25) is 4.98 Å². The highest BCUT2D eigenvalue weighted by molar-refractivity contribution is 7.80. The number of aromatic nitrogens is 2. The number of benzene rings is 2. The van der Waals surface area contributed by atoms with Gasteiger partial charge in [0.25, 0.3) is 0 Å². The summed E-state index contributed by atoms with van der Waals surface area (Å²) in [6.07, 6.45) is 3.69. The van der Waals surface area contributed by atoms with Gasteiger partial charge in [0.1, 0.15) is 11.8 Å². The molecule has 1 fully saturated rings. The maximum atomic E-state index is 11.6. The van der Waals surface area contributed by atoms with Crippen molar-refractivity contribution in [3.05, 3.63) is 108 Å². The van der Waals surface area contributed by atoms with Crippen molar-refractivity contribution >= 4 is 29.0 Å². The molecule has 2 aromatic heterocycles. The summed E-state index contributed by atoms with van der Waals surface area (Å²) in [5, 5.41) is 13.5. The Morgan fingerprint density at radius 3 is 2.62 bits per heavy atom. The first-order chi connectivity index (χ1) is 16.6. The maximum Gasteiger partial charge on any atom is 0.335 e. The Hall–Kier alpha value is -4.17. The molecule has 0 radical (unpaired) electrons. The lowest BCUT2D eigenvalue weighted by atomic mass is 10.0. The lowest BCUT2D eigenvalue weighted by Crippen LogP contribution is -2.30. The second-order valence-corrected chi connectivity index (χ2v) is 8.24. The smallest absolute Gasteiger partial charge is 0.335 e. The molecular formula is C26H22N4O3S. The average Bonchev–Trinajstić information content (AvgIpc) is 3.49. The average molecular weight is 471 g/mol. The number of nitrogens with one attached hydrogen (secondary N) is 1. The van der Waals surface area contributed by atoms with E-state index in [1.807, 2.05) is 71.4 Å². The SMILES string of the molecule is COc1cccc(N2C(=S)N[C@H](c3ccccn3)[C@H]2c2cccn2-c2cccc(C(=O)O)c2)c1. The van der Waals surface area contributed by atoms with Gasteiger partial charge in [0.15, 0.2) is 5.11 Å². The first kappa shape index (κ1) is 21.7. The molecule has 0 amide bonds. The zero-order chi connectivity index (χ0) is 23.7. The predicted octanol–water partition coefficient (Wildman–Crippen LogP) is 4.76. The monoisotopic (exact) mass is 470 g/mol. The number of hydrogen-bond donors (Lipinski definition) is 2. The number of anilines is 1. The van der Waals surface area contributed by atoms with Crippen LogP contribution < -0.4 is 15.0 Å². The Balaban J connectivity index is 1.67. The van der Waals surface area contributed by atoms with Gasteiger partial charge in [0, 0.05) is 35.5 Å². The molecule has 7 nitrogen and oxygen atoms in total. The van der Waals surface area contributed by atoms with E-state index >= 15 is 0 Å². The van der Waals surface area contributed by atoms with Crippen LogP contribution >= 0.6 is 12.2 Å². The number of hydrogen-bond acceptors (Lipinski definition) is 4. The van der Waals surface area contributed by atoms with E-state index in [9.17, 15) is 9.90 Å². The van der Waals surface area contributed by atoms with Gasteiger partial charge in [-0.25, -0.2) is 4.79 Å². The van der Waals surface area contributed by atoms with Gasteiger partial charge >= 0.3 is 5.97 Å². The predicted molar refractivity (Wildman–Crippen MR) is 134 cm³/mol. The van der Waals surface area contributed by atoms with E-state index in [0.29, 0.717) is 5.11 Å². The molecule has 34 heavy (non-hydrogen) atoms. The summed E-state index contributed by atoms with van der Waals surface area (Å²) >= 11 is 5.80. The van der Waals surface area contributed by atoms with Gasteiger partial charge in [-0.05, 0) is 66.8 Å². The van der Waals surface area contributed by atoms with E-state index in [0.717, 1.165) is 28.5 Å². The molecule has 1 saturated heterocycles. The summed E-state index contributed by atoms with van der Waals surface area (Å²) in [4.78, 5) is 18.2. The third-order valence-corrected chi connectivity index (χ3v) is 6.20. The van der Waals surface area contributed by atoms with Gasteiger partial charge in [-0.2, -0.15) is 0 Å². The highest BCUT2D eigenvalue weighted by Crippen LogP contribution is 2.42. The zero-order valence-electron chi connectivity index (χ0n) is 18.3. The molecule has 8 heteroatoms. The molecule has 0 spiro atoms. The minimum atomic E-state index is -0.969. The quantitative estimate of drug-likeness (QED) is 0.394. The molecule has 5 rings (SSSR count). The molecule has 1 aliphatic rings. The van der Waals surface area contributed by atoms with Gasteiger partial charge in [-0.15, -0.1) is 0 Å². The van der Waals surface area contributed by atoms with E-state index in [-0.39, 0.29) is 17.6 Å². The second-order valence-electron chi connectivity index (χ2n) is 7.86. The fourth-order valence-corrected chi connectivity index (χ4v) is 4.70. The number of carboxylic acid groups (broad SMARTS) is 1. The lowest BCUT2D eigenvalue weighted by Gasteiger charge is -2.29. The van der Waals surface area contributed by atoms with E-state index in [2.05, 4.69) is 15.2 Å². The molecule has 2 N–H and O–H groups in total. The highest BCUT2D eigenvalue weighted by Gasteiger charge is 2.42. The molecule has 0 bridgehead atoms. The molecule has 3 heterocycles. The molecule has 0 saturated carbocycles. The van der Waals surface area contributed by atoms with Gasteiger partial charge in [0.2, 0.25) is 0 Å². The third kappa shape index (κ3) is 3.88. The highest BCUT2D eigenvalue weighted by atomic mass is 32.1. The van der Waals surface area contributed by atoms with Crippen molar-refractivity contribution in [1.82, 2.24) is 14.9 Å². The number of nitrogens with zero attached hydrogens (tertiary/aromatic N) is 3. The van der Waals surface area contributed by atoms with Crippen LogP contribution in [0.2, 0.25) is 0 Å². The van der Waals surface area contributed by atoms with Crippen LogP contribution in [0.5, 0.6) is 5.75 Å². The number of rotatable bonds is 6. The molecule has 2 aromatic carbocycles. The first-order valence-electron chi connectivity index (χ1n) is 10.7. The Morgan fingerprint density at radius 1 is 1.03 bits per heavy atom. The van der Waals surface area contributed by atoms with Crippen LogP contribution in [-0.2, 0) is 0 Å². The topological polar surface area (TPSA) is 79.6 Å². The van der Waals surface area contributed by atoms with Crippen molar-refractivity contribution in [2.45, 2.75) is 12.1 Å². The minimum Gasteiger partial charge on any atom is -0.497 e. The largest absolute Gasteiger partial charge is 0.497 e. The molecule has 170 valence electrons. The molecule has 0 aliphatic carbocycles. The minimum absolute atomic E-state index is 0.225. The Kier molecular flexibility index (Phi) is 5.73. The normalized spacial score (nSPS) is 17.4. The third-order valence-electron chi connectivity index (χ3n) is 5.88. The second kappa shape index (κ2) is 8.99. The summed E-state index contributed by atoms with van der Waals surface area (Å²) in [7, 11) is 1.63. The van der Waals surface area contributed by atoms with Crippen LogP contribution in [0.25, 0.3) is 5.69 Å². The zero-order valence-corrected chi connectivity index (χ0v) is 19.1. The summed E-state index contributed by atoms with van der Waals surface area (Å²) in [6.45, 7) is 0. The molecule has 1 aliphatic heterocycles. The summed E-state index contributed by atoms with van der Waals surface area (Å²) in [5.41, 5.74) is 3.65. The fraction of sp³-hybridized carbons (Fsp3) is 0.115. The number of carboxylic acids is 1. The Labute approximate surface area is 202 Å². The van der Waals surface area contributed by atoms with Gasteiger partial charge in [0.05, 0.1) is 24.4 Å². The van der Waals surface area contributed by atoms with E-state index in [4.69, 9.17) is 17.0 Å². The Bertz CT molecular complexity index is 1350. The number of ether oxygens (including phenoxy) is 1. The molecule has 0 unspecified atom stereocenters. The summed E-state index contributed by atoms with van der Waals surface area (Å²) in [6, 6.07) is 23.9. The fourth-order valence-electron chi connectivity index (χ4n) is 4.35. The van der Waals surface area contributed by atoms with Crippen molar-refractivity contribution in [2.75, 3.05) is 12.0 Å². The number of pyridine rings is 1. The van der Waals surface area contributed by atoms with Crippen LogP contribution in [0.4, 0.5) is 5.69 Å². The van der Waals surface area contributed by atoms with Crippen LogP contribution in [0.3, 0.4) is 0 Å². The number of aromatic carboxylic acids is 1. The van der Waals surface area contributed by atoms with Crippen LogP contribution in [0.1, 0.15) is 33.8 Å². The van der Waals surface area contributed by atoms with Gasteiger partial charge < -0.3 is 24.6 Å². The standard InChI is InChI=1S/C26H22N4O3S/c1-33-20-10-5-9-19(16-20)30-24(23(28-26(30)34)21-11-2-3-13-27-21)22-12-6-14-29(22)18-8-4-7-17(15-18)25(31)32/h2-16,23-24H,1H3,(H,28,34)(H,31,32)/t23-,24-/m1/s1. The maximum absolute atomic E-state index is 11.6. The van der Waals surface area contributed by atoms with Crippen LogP contribution in [-0.4, -0.2) is 32.8 Å². The van der Waals surface area contributed by atoms with Crippen molar-refractivity contribution in [2.24, 2.45) is 0 Å².